The van der Waals surface area contributed by atoms with Gasteiger partial charge in [-0.15, -0.1) is 0 Å². The molecule has 0 aliphatic heterocycles. The second-order valence-electron chi connectivity index (χ2n) is 2.34. The highest BCUT2D eigenvalue weighted by Gasteiger charge is 2.07. The summed E-state index contributed by atoms with van der Waals surface area (Å²) in [6.07, 6.45) is 1.13. The summed E-state index contributed by atoms with van der Waals surface area (Å²) in [5.41, 5.74) is 12.7. The Morgan fingerprint density at radius 1 is 1.33 bits per heavy atom. The van der Waals surface area contributed by atoms with Crippen molar-refractivity contribution in [2.24, 2.45) is 0 Å². The molecule has 4 heteroatoms. The van der Waals surface area contributed by atoms with Crippen molar-refractivity contribution >= 4 is 17.6 Å². The Labute approximate surface area is 70.6 Å². The molecule has 0 aliphatic rings. The van der Waals surface area contributed by atoms with E-state index >= 15 is 0 Å². The molecule has 0 aliphatic carbocycles. The van der Waals surface area contributed by atoms with Crippen LogP contribution in [0.15, 0.2) is 12.1 Å². The lowest BCUT2D eigenvalue weighted by Gasteiger charge is -2.09. The van der Waals surface area contributed by atoms with Crippen molar-refractivity contribution < 1.29 is 4.74 Å². The van der Waals surface area contributed by atoms with Gasteiger partial charge in [0.25, 0.3) is 0 Å². The highest BCUT2D eigenvalue weighted by Crippen LogP contribution is 2.28. The fourth-order valence-corrected chi connectivity index (χ4v) is 1.01. The van der Waals surface area contributed by atoms with Crippen molar-refractivity contribution in [1.82, 2.24) is 0 Å². The Hall–Kier alpha value is -1.71. The van der Waals surface area contributed by atoms with Crippen LogP contribution in [-0.2, 0) is 0 Å². The van der Waals surface area contributed by atoms with Crippen molar-refractivity contribution in [1.29, 1.82) is 5.41 Å². The largest absolute Gasteiger partial charge is 0.494 e. The van der Waals surface area contributed by atoms with Crippen LogP contribution in [0.1, 0.15) is 5.56 Å². The van der Waals surface area contributed by atoms with Gasteiger partial charge in [0.05, 0.1) is 18.4 Å². The molecule has 0 atom stereocenters. The summed E-state index contributed by atoms with van der Waals surface area (Å²) < 4.78 is 4.99. The highest BCUT2D eigenvalue weighted by molar-refractivity contribution is 5.91. The summed E-state index contributed by atoms with van der Waals surface area (Å²) in [5.74, 6) is 0.463. The average Bonchev–Trinajstić information content (AvgIpc) is 2.08. The molecule has 0 aromatic heterocycles. The third kappa shape index (κ3) is 1.18. The summed E-state index contributed by atoms with van der Waals surface area (Å²) >= 11 is 0. The molecule has 0 bridgehead atoms. The minimum Gasteiger partial charge on any atom is -0.494 e. The van der Waals surface area contributed by atoms with Crippen LogP contribution in [0, 0.1) is 5.41 Å². The third-order valence-electron chi connectivity index (χ3n) is 1.61. The van der Waals surface area contributed by atoms with Crippen LogP contribution in [0.25, 0.3) is 0 Å². The first-order valence-corrected chi connectivity index (χ1v) is 3.43. The van der Waals surface area contributed by atoms with Gasteiger partial charge in [-0.3, -0.25) is 0 Å². The molecule has 1 aromatic rings. The van der Waals surface area contributed by atoms with Gasteiger partial charge in [0.15, 0.2) is 5.75 Å². The normalized spacial score (nSPS) is 9.42. The van der Waals surface area contributed by atoms with Crippen molar-refractivity contribution in [2.75, 3.05) is 18.6 Å². The molecule has 0 amide bonds. The molecular formula is C8H11N3O. The minimum atomic E-state index is 0.463. The van der Waals surface area contributed by atoms with Crippen molar-refractivity contribution in [2.45, 2.75) is 0 Å². The SMILES string of the molecule is COc1c(N)ccc(N)c1C=N. The van der Waals surface area contributed by atoms with E-state index in [2.05, 4.69) is 0 Å². The summed E-state index contributed by atoms with van der Waals surface area (Å²) in [6, 6.07) is 3.30. The van der Waals surface area contributed by atoms with Gasteiger partial charge in [0, 0.05) is 11.9 Å². The summed E-state index contributed by atoms with van der Waals surface area (Å²) in [7, 11) is 1.50. The van der Waals surface area contributed by atoms with Crippen LogP contribution in [0.5, 0.6) is 5.75 Å². The first-order chi connectivity index (χ1) is 5.70. The molecule has 0 fully saturated rings. The first kappa shape index (κ1) is 8.39. The number of ether oxygens (including phenoxy) is 1. The Bertz CT molecular complexity index is 309. The van der Waals surface area contributed by atoms with Gasteiger partial charge in [-0.1, -0.05) is 0 Å². The van der Waals surface area contributed by atoms with E-state index < -0.39 is 0 Å². The molecule has 0 saturated heterocycles. The van der Waals surface area contributed by atoms with E-state index in [0.717, 1.165) is 6.21 Å². The standard InChI is InChI=1S/C8H11N3O/c1-12-8-5(4-9)6(10)2-3-7(8)11/h2-4,9H,10-11H2,1H3. The highest BCUT2D eigenvalue weighted by atomic mass is 16.5. The van der Waals surface area contributed by atoms with Gasteiger partial charge in [0.1, 0.15) is 0 Å². The van der Waals surface area contributed by atoms with Crippen molar-refractivity contribution in [3.63, 3.8) is 0 Å². The van der Waals surface area contributed by atoms with Gasteiger partial charge in [0.2, 0.25) is 0 Å². The number of hydrogen-bond donors (Lipinski definition) is 3. The zero-order valence-electron chi connectivity index (χ0n) is 6.79. The fraction of sp³-hybridized carbons (Fsp3) is 0.125. The van der Waals surface area contributed by atoms with Crippen LogP contribution in [-0.4, -0.2) is 13.3 Å². The average molecular weight is 165 g/mol. The quantitative estimate of drug-likeness (QED) is 0.448. The minimum absolute atomic E-state index is 0.463. The third-order valence-corrected chi connectivity index (χ3v) is 1.61. The zero-order valence-corrected chi connectivity index (χ0v) is 6.79. The monoisotopic (exact) mass is 165 g/mol. The number of hydrogen-bond acceptors (Lipinski definition) is 4. The second-order valence-corrected chi connectivity index (χ2v) is 2.34. The van der Waals surface area contributed by atoms with E-state index in [0.29, 0.717) is 22.7 Å². The topological polar surface area (TPSA) is 85.1 Å². The predicted molar refractivity (Wildman–Crippen MR) is 49.7 cm³/mol. The molecule has 12 heavy (non-hydrogen) atoms. The lowest BCUT2D eigenvalue weighted by Crippen LogP contribution is -2.00. The van der Waals surface area contributed by atoms with E-state index in [1.54, 1.807) is 12.1 Å². The van der Waals surface area contributed by atoms with Gasteiger partial charge in [-0.2, -0.15) is 0 Å². The maximum absolute atomic E-state index is 7.08. The van der Waals surface area contributed by atoms with Crippen molar-refractivity contribution in [3.8, 4) is 5.75 Å². The Kier molecular flexibility index (Phi) is 2.19. The summed E-state index contributed by atoms with van der Waals surface area (Å²) in [4.78, 5) is 0. The zero-order chi connectivity index (χ0) is 9.14. The van der Waals surface area contributed by atoms with E-state index in [1.165, 1.54) is 7.11 Å². The van der Waals surface area contributed by atoms with Crippen molar-refractivity contribution in [3.05, 3.63) is 17.7 Å². The number of rotatable bonds is 2. The summed E-state index contributed by atoms with van der Waals surface area (Å²) in [5, 5.41) is 7.08. The number of methoxy groups -OCH3 is 1. The number of anilines is 2. The molecule has 0 unspecified atom stereocenters. The number of nitrogens with two attached hydrogens (primary N) is 2. The van der Waals surface area contributed by atoms with Crippen LogP contribution >= 0.6 is 0 Å². The first-order valence-electron chi connectivity index (χ1n) is 3.43. The second kappa shape index (κ2) is 3.13. The fourth-order valence-electron chi connectivity index (χ4n) is 1.01. The molecule has 1 rings (SSSR count). The molecule has 0 spiro atoms. The van der Waals surface area contributed by atoms with Crippen LogP contribution < -0.4 is 16.2 Å². The molecular weight excluding hydrogens is 154 g/mol. The van der Waals surface area contributed by atoms with E-state index in [9.17, 15) is 0 Å². The van der Waals surface area contributed by atoms with Gasteiger partial charge in [-0.25, -0.2) is 0 Å². The number of benzene rings is 1. The smallest absolute Gasteiger partial charge is 0.152 e. The molecule has 64 valence electrons. The Balaban J connectivity index is 3.38. The van der Waals surface area contributed by atoms with E-state index in [-0.39, 0.29) is 0 Å². The maximum atomic E-state index is 7.08. The maximum Gasteiger partial charge on any atom is 0.152 e. The van der Waals surface area contributed by atoms with Crippen LogP contribution in [0.4, 0.5) is 11.4 Å². The number of nitrogen functional groups attached to an aromatic ring is 2. The van der Waals surface area contributed by atoms with Crippen LogP contribution in [0.2, 0.25) is 0 Å². The lowest BCUT2D eigenvalue weighted by atomic mass is 10.1. The van der Waals surface area contributed by atoms with Gasteiger partial charge in [-0.05, 0) is 12.1 Å². The van der Waals surface area contributed by atoms with Crippen LogP contribution in [0.3, 0.4) is 0 Å². The van der Waals surface area contributed by atoms with Gasteiger partial charge >= 0.3 is 0 Å². The molecule has 0 heterocycles. The molecule has 5 N–H and O–H groups in total. The lowest BCUT2D eigenvalue weighted by molar-refractivity contribution is 0.416. The Morgan fingerprint density at radius 3 is 2.33 bits per heavy atom. The molecule has 1 aromatic carbocycles. The van der Waals surface area contributed by atoms with E-state index in [1.807, 2.05) is 0 Å². The molecule has 4 nitrogen and oxygen atoms in total. The summed E-state index contributed by atoms with van der Waals surface area (Å²) in [6.45, 7) is 0. The van der Waals surface area contributed by atoms with Gasteiger partial charge < -0.3 is 21.6 Å². The number of nitrogens with one attached hydrogen (secondary N) is 1. The predicted octanol–water partition coefficient (Wildman–Crippen LogP) is 0.857. The molecule has 0 radical (unpaired) electrons. The Morgan fingerprint density at radius 2 is 1.92 bits per heavy atom. The molecule has 0 saturated carbocycles. The van der Waals surface area contributed by atoms with E-state index in [4.69, 9.17) is 21.6 Å².